The molecule has 0 saturated heterocycles. The molecule has 3 aromatic heterocycles. The van der Waals surface area contributed by atoms with Crippen molar-refractivity contribution in [3.63, 3.8) is 0 Å². The van der Waals surface area contributed by atoms with Crippen molar-refractivity contribution in [2.45, 2.75) is 0 Å². The van der Waals surface area contributed by atoms with Crippen molar-refractivity contribution >= 4 is 54.5 Å². The summed E-state index contributed by atoms with van der Waals surface area (Å²) in [6.45, 7) is 0. The number of nitrogens with zero attached hydrogens (tertiary/aromatic N) is 4. The van der Waals surface area contributed by atoms with Crippen molar-refractivity contribution in [2.75, 3.05) is 0 Å². The van der Waals surface area contributed by atoms with E-state index in [-0.39, 0.29) is 0 Å². The predicted molar refractivity (Wildman–Crippen MR) is 194 cm³/mol. The maximum atomic E-state index is 6.65. The van der Waals surface area contributed by atoms with Gasteiger partial charge in [-0.1, -0.05) is 127 Å². The molecule has 3 heterocycles. The summed E-state index contributed by atoms with van der Waals surface area (Å²) in [6.07, 6.45) is 0. The summed E-state index contributed by atoms with van der Waals surface area (Å²) >= 11 is 0. The molecule has 0 N–H and O–H groups in total. The largest absolute Gasteiger partial charge is 0.456 e. The van der Waals surface area contributed by atoms with E-state index < -0.39 is 0 Å². The fraction of sp³-hybridized carbons (Fsp3) is 0. The summed E-state index contributed by atoms with van der Waals surface area (Å²) in [5.74, 6) is 1.81. The minimum absolute atomic E-state index is 0.563. The Labute approximate surface area is 274 Å². The van der Waals surface area contributed by atoms with Gasteiger partial charge in [0, 0.05) is 44.3 Å². The Morgan fingerprint density at radius 1 is 0.438 bits per heavy atom. The number of hydrogen-bond acceptors (Lipinski definition) is 4. The van der Waals surface area contributed by atoms with E-state index in [1.165, 1.54) is 43.8 Å². The topological polar surface area (TPSA) is 56.7 Å². The van der Waals surface area contributed by atoms with Gasteiger partial charge in [0.2, 0.25) is 5.95 Å². The molecule has 5 nitrogen and oxygen atoms in total. The van der Waals surface area contributed by atoms with Gasteiger partial charge in [0.1, 0.15) is 11.2 Å². The fourth-order valence-corrected chi connectivity index (χ4v) is 7.80. The van der Waals surface area contributed by atoms with Crippen LogP contribution in [0.3, 0.4) is 0 Å². The highest BCUT2D eigenvalue weighted by Crippen LogP contribution is 2.53. The molecule has 0 aliphatic heterocycles. The highest BCUT2D eigenvalue weighted by molar-refractivity contribution is 6.33. The molecule has 222 valence electrons. The van der Waals surface area contributed by atoms with Crippen LogP contribution < -0.4 is 0 Å². The fourth-order valence-electron chi connectivity index (χ4n) is 7.80. The van der Waals surface area contributed by atoms with Gasteiger partial charge in [-0.15, -0.1) is 0 Å². The summed E-state index contributed by atoms with van der Waals surface area (Å²) < 4.78 is 8.86. The lowest BCUT2D eigenvalue weighted by atomic mass is 9.91. The number of rotatable bonds is 3. The first kappa shape index (κ1) is 25.6. The summed E-state index contributed by atoms with van der Waals surface area (Å²) in [5.41, 5.74) is 10.4. The third-order valence-corrected chi connectivity index (χ3v) is 9.77. The van der Waals surface area contributed by atoms with E-state index in [2.05, 4.69) is 83.4 Å². The Morgan fingerprint density at radius 3 is 1.79 bits per heavy atom. The predicted octanol–water partition coefficient (Wildman–Crippen LogP) is 11.0. The van der Waals surface area contributed by atoms with Gasteiger partial charge in [0.25, 0.3) is 0 Å². The van der Waals surface area contributed by atoms with Gasteiger partial charge in [-0.3, -0.25) is 4.57 Å². The van der Waals surface area contributed by atoms with Gasteiger partial charge in [-0.25, -0.2) is 4.98 Å². The summed E-state index contributed by atoms with van der Waals surface area (Å²) in [6, 6.07) is 50.7. The van der Waals surface area contributed by atoms with Crippen LogP contribution in [-0.4, -0.2) is 19.5 Å². The molecule has 0 amide bonds. The normalized spacial score (nSPS) is 12.2. The zero-order valence-electron chi connectivity index (χ0n) is 25.6. The molecule has 0 spiro atoms. The number of fused-ring (bicyclic) bond motifs is 6. The van der Waals surface area contributed by atoms with Gasteiger partial charge in [0.05, 0.1) is 11.0 Å². The molecular weight excluding hydrogens is 589 g/mol. The van der Waals surface area contributed by atoms with Gasteiger partial charge >= 0.3 is 0 Å². The molecule has 0 fully saturated rings. The van der Waals surface area contributed by atoms with Gasteiger partial charge < -0.3 is 4.42 Å². The monoisotopic (exact) mass is 612 g/mol. The average molecular weight is 613 g/mol. The van der Waals surface area contributed by atoms with Crippen molar-refractivity contribution in [3.05, 3.63) is 146 Å². The third-order valence-electron chi connectivity index (χ3n) is 9.77. The Hall–Kier alpha value is -6.59. The molecule has 7 aromatic carbocycles. The smallest absolute Gasteiger partial charge is 0.238 e. The number of furan rings is 1. The lowest BCUT2D eigenvalue weighted by molar-refractivity contribution is 0.669. The summed E-state index contributed by atoms with van der Waals surface area (Å²) in [7, 11) is 0. The third kappa shape index (κ3) is 3.42. The van der Waals surface area contributed by atoms with Crippen molar-refractivity contribution in [1.29, 1.82) is 0 Å². The molecule has 48 heavy (non-hydrogen) atoms. The Bertz CT molecular complexity index is 2880. The highest BCUT2D eigenvalue weighted by atomic mass is 16.3. The second-order valence-electron chi connectivity index (χ2n) is 12.4. The zero-order chi connectivity index (χ0) is 31.3. The minimum atomic E-state index is 0.563. The van der Waals surface area contributed by atoms with Crippen LogP contribution in [0.15, 0.2) is 150 Å². The lowest BCUT2D eigenvalue weighted by Gasteiger charge is -2.14. The maximum Gasteiger partial charge on any atom is 0.238 e. The molecule has 11 rings (SSSR count). The zero-order valence-corrected chi connectivity index (χ0v) is 25.6. The molecule has 10 aromatic rings. The second-order valence-corrected chi connectivity index (χ2v) is 12.4. The molecule has 0 bridgehead atoms. The molecule has 0 radical (unpaired) electrons. The van der Waals surface area contributed by atoms with E-state index in [0.717, 1.165) is 44.1 Å². The molecular formula is C43H24N4O. The number of aromatic nitrogens is 4. The molecule has 1 aliphatic carbocycles. The van der Waals surface area contributed by atoms with Crippen LogP contribution in [-0.2, 0) is 0 Å². The first-order valence-electron chi connectivity index (χ1n) is 16.1. The first-order valence-corrected chi connectivity index (χ1v) is 16.1. The van der Waals surface area contributed by atoms with Crippen LogP contribution >= 0.6 is 0 Å². The van der Waals surface area contributed by atoms with Crippen LogP contribution in [0.2, 0.25) is 0 Å². The quantitative estimate of drug-likeness (QED) is 0.199. The number of benzene rings is 7. The van der Waals surface area contributed by atoms with Crippen LogP contribution in [0, 0.1) is 0 Å². The van der Waals surface area contributed by atoms with Crippen LogP contribution in [0.4, 0.5) is 0 Å². The first-order chi connectivity index (χ1) is 23.8. The maximum absolute atomic E-state index is 6.65. The van der Waals surface area contributed by atoms with Crippen LogP contribution in [0.1, 0.15) is 0 Å². The molecule has 0 saturated carbocycles. The van der Waals surface area contributed by atoms with Crippen LogP contribution in [0.5, 0.6) is 0 Å². The van der Waals surface area contributed by atoms with E-state index >= 15 is 0 Å². The summed E-state index contributed by atoms with van der Waals surface area (Å²) in [5, 5.41) is 7.06. The standard InChI is InChI=1S/C43H24N4O/c1-3-12-26(13-4-1)41-44-42(27-14-5-2-6-15-27)46-43(45-41)47-32-22-11-20-29-28-19-9-16-25-17-10-21-31(36(25)28)39-38-30-18-7-8-23-34(30)48-35(38)24-33(47)40(39)37(29)32/h1-24H. The SMILES string of the molecule is c1ccc(-c2nc(-c3ccccc3)nc(-n3c4cccc5c4c4c(c6c(cc43)oc3ccccc36)-c3cccc4cccc-5c34)n2)cc1. The lowest BCUT2D eigenvalue weighted by Crippen LogP contribution is -2.06. The van der Waals surface area contributed by atoms with Gasteiger partial charge in [0.15, 0.2) is 11.6 Å². The van der Waals surface area contributed by atoms with Crippen molar-refractivity contribution in [3.8, 4) is 51.0 Å². The molecule has 0 unspecified atom stereocenters. The van der Waals surface area contributed by atoms with E-state index in [1.54, 1.807) is 0 Å². The molecule has 1 aliphatic rings. The van der Waals surface area contributed by atoms with Gasteiger partial charge in [-0.05, 0) is 39.6 Å². The van der Waals surface area contributed by atoms with E-state index in [9.17, 15) is 0 Å². The van der Waals surface area contributed by atoms with E-state index in [4.69, 9.17) is 19.4 Å². The van der Waals surface area contributed by atoms with Crippen molar-refractivity contribution in [1.82, 2.24) is 19.5 Å². The Kier molecular flexibility index (Phi) is 5.05. The van der Waals surface area contributed by atoms with E-state index in [1.807, 2.05) is 66.7 Å². The van der Waals surface area contributed by atoms with E-state index in [0.29, 0.717) is 17.6 Å². The van der Waals surface area contributed by atoms with Crippen molar-refractivity contribution in [2.24, 2.45) is 0 Å². The van der Waals surface area contributed by atoms with Gasteiger partial charge in [-0.2, -0.15) is 9.97 Å². The average Bonchev–Trinajstić information content (AvgIpc) is 3.65. The Morgan fingerprint density at radius 2 is 1.06 bits per heavy atom. The molecule has 5 heteroatoms. The minimum Gasteiger partial charge on any atom is -0.456 e. The van der Waals surface area contributed by atoms with Crippen molar-refractivity contribution < 1.29 is 4.42 Å². The Balaban J connectivity index is 1.36. The highest BCUT2D eigenvalue weighted by Gasteiger charge is 2.29. The second kappa shape index (κ2) is 9.47. The number of para-hydroxylation sites is 1. The van der Waals surface area contributed by atoms with Crippen LogP contribution in [0.25, 0.3) is 105 Å². The number of hydrogen-bond donors (Lipinski definition) is 0. The summed E-state index contributed by atoms with van der Waals surface area (Å²) in [4.78, 5) is 15.4. The molecule has 0 atom stereocenters.